The van der Waals surface area contributed by atoms with E-state index in [0.717, 1.165) is 5.69 Å². The molecular formula is C21H37Cl2MoNO2. The third-order valence-electron chi connectivity index (χ3n) is 3.54. The third-order valence-corrected chi connectivity index (χ3v) is 8.90. The molecule has 6 heteroatoms. The van der Waals surface area contributed by atoms with Crippen molar-refractivity contribution in [3.8, 4) is 0 Å². The van der Waals surface area contributed by atoms with Crippen LogP contribution in [0.15, 0.2) is 21.7 Å². The summed E-state index contributed by atoms with van der Waals surface area (Å²) >= 11 is -3.37. The van der Waals surface area contributed by atoms with Crippen molar-refractivity contribution in [2.24, 2.45) is 8.91 Å². The van der Waals surface area contributed by atoms with Crippen molar-refractivity contribution in [2.75, 3.05) is 27.4 Å². The Morgan fingerprint density at radius 3 is 1.67 bits per heavy atom. The van der Waals surface area contributed by atoms with Gasteiger partial charge in [-0.2, -0.15) is 0 Å². The van der Waals surface area contributed by atoms with Gasteiger partial charge in [0.1, 0.15) is 0 Å². The molecule has 0 amide bonds. The molecule has 0 saturated carbocycles. The zero-order chi connectivity index (χ0) is 21.3. The van der Waals surface area contributed by atoms with Crippen molar-refractivity contribution in [3.05, 3.63) is 29.3 Å². The summed E-state index contributed by atoms with van der Waals surface area (Å²) < 4.78 is 16.3. The van der Waals surface area contributed by atoms with Crippen molar-refractivity contribution in [1.82, 2.24) is 0 Å². The molecule has 0 spiro atoms. The van der Waals surface area contributed by atoms with Gasteiger partial charge in [-0.25, -0.2) is 0 Å². The Morgan fingerprint density at radius 1 is 0.963 bits per heavy atom. The van der Waals surface area contributed by atoms with Crippen LogP contribution >= 0.6 is 18.8 Å². The minimum Gasteiger partial charge on any atom is -0.382 e. The summed E-state index contributed by atoms with van der Waals surface area (Å²) in [6.45, 7) is 16.5. The summed E-state index contributed by atoms with van der Waals surface area (Å²) in [5.41, 5.74) is 3.48. The monoisotopic (exact) mass is 503 g/mol. The van der Waals surface area contributed by atoms with E-state index in [0.29, 0.717) is 25.0 Å². The maximum atomic E-state index is 6.64. The molecule has 0 heterocycles. The van der Waals surface area contributed by atoms with Crippen molar-refractivity contribution in [2.45, 2.75) is 60.3 Å². The zero-order valence-electron chi connectivity index (χ0n) is 18.3. The number of benzene rings is 1. The van der Waals surface area contributed by atoms with Crippen LogP contribution in [0.1, 0.15) is 71.4 Å². The summed E-state index contributed by atoms with van der Waals surface area (Å²) in [4.78, 5) is 0. The Labute approximate surface area is 177 Å². The Bertz CT molecular complexity index is 648. The molecule has 3 nitrogen and oxygen atoms in total. The molecule has 1 aromatic rings. The van der Waals surface area contributed by atoms with E-state index in [1.54, 1.807) is 14.2 Å². The van der Waals surface area contributed by atoms with E-state index in [4.69, 9.17) is 22.3 Å². The van der Waals surface area contributed by atoms with Gasteiger partial charge in [0, 0.05) is 14.2 Å². The van der Waals surface area contributed by atoms with Crippen molar-refractivity contribution < 1.29 is 22.8 Å². The van der Waals surface area contributed by atoms with Crippen LogP contribution in [-0.4, -0.2) is 31.8 Å². The summed E-state index contributed by atoms with van der Waals surface area (Å²) in [5, 5.41) is 0. The van der Waals surface area contributed by atoms with Gasteiger partial charge < -0.3 is 9.47 Å². The Balaban J connectivity index is 0.000000972. The van der Waals surface area contributed by atoms with Gasteiger partial charge in [-0.3, -0.25) is 0 Å². The Kier molecular flexibility index (Phi) is 12.6. The predicted octanol–water partition coefficient (Wildman–Crippen LogP) is 7.34. The van der Waals surface area contributed by atoms with E-state index in [1.807, 2.05) is 0 Å². The molecule has 0 radical (unpaired) electrons. The van der Waals surface area contributed by atoms with E-state index in [1.165, 1.54) is 11.1 Å². The van der Waals surface area contributed by atoms with Crippen molar-refractivity contribution in [3.63, 3.8) is 0 Å². The number of hydrogen-bond donors (Lipinski definition) is 0. The number of ether oxygens (including phenoxy) is 2. The van der Waals surface area contributed by atoms with Gasteiger partial charge in [0.15, 0.2) is 0 Å². The van der Waals surface area contributed by atoms with Gasteiger partial charge in [-0.05, 0) is 0 Å². The van der Waals surface area contributed by atoms with Crippen molar-refractivity contribution in [1.29, 1.82) is 0 Å². The van der Waals surface area contributed by atoms with Crippen LogP contribution in [0.4, 0.5) is 5.69 Å². The van der Waals surface area contributed by atoms with Crippen molar-refractivity contribution >= 4 is 28.9 Å². The number of nitrogens with zero attached hydrogens (tertiary/aromatic N) is 1. The van der Waals surface area contributed by atoms with Gasteiger partial charge in [0.25, 0.3) is 0 Å². The average Bonchev–Trinajstić information content (AvgIpc) is 2.50. The van der Waals surface area contributed by atoms with Gasteiger partial charge in [-0.15, -0.1) is 0 Å². The minimum atomic E-state index is -3.37. The summed E-state index contributed by atoms with van der Waals surface area (Å²) in [5.74, 6) is 0.813. The molecule has 27 heavy (non-hydrogen) atoms. The second-order valence-corrected chi connectivity index (χ2v) is 18.0. The molecule has 0 atom stereocenters. The second-order valence-electron chi connectivity index (χ2n) is 8.14. The molecule has 0 N–H and O–H groups in total. The first-order valence-electron chi connectivity index (χ1n) is 9.26. The fourth-order valence-corrected chi connectivity index (χ4v) is 9.67. The fourth-order valence-electron chi connectivity index (χ4n) is 2.36. The van der Waals surface area contributed by atoms with Crippen LogP contribution in [0.5, 0.6) is 0 Å². The molecule has 0 aliphatic carbocycles. The number of methoxy groups -OCH3 is 2. The quantitative estimate of drug-likeness (QED) is 0.301. The number of rotatable bonds is 6. The van der Waals surface area contributed by atoms with Gasteiger partial charge in [0.05, 0.1) is 13.2 Å². The molecule has 0 aliphatic rings. The number of hydrogen-bond acceptors (Lipinski definition) is 3. The molecule has 0 aromatic heterocycles. The topological polar surface area (TPSA) is 30.8 Å². The smallest absolute Gasteiger partial charge is 0.0696 e. The second kappa shape index (κ2) is 12.6. The molecular weight excluding hydrogens is 465 g/mol. The third kappa shape index (κ3) is 11.6. The first-order chi connectivity index (χ1) is 12.3. The largest absolute Gasteiger partial charge is 0.382 e. The Morgan fingerprint density at radius 2 is 1.37 bits per heavy atom. The maximum Gasteiger partial charge on any atom is 0.0696 e. The van der Waals surface area contributed by atoms with Gasteiger partial charge >= 0.3 is 141 Å². The molecule has 1 rings (SSSR count). The molecule has 0 bridgehead atoms. The molecule has 158 valence electrons. The normalized spacial score (nSPS) is 12.0. The fraction of sp³-hybridized carbons (Fsp3) is 0.667. The molecule has 0 fully saturated rings. The van der Waals surface area contributed by atoms with E-state index < -0.39 is 13.3 Å². The molecule has 1 aromatic carbocycles. The predicted molar refractivity (Wildman–Crippen MR) is 118 cm³/mol. The van der Waals surface area contributed by atoms with Crippen LogP contribution in [0.3, 0.4) is 0 Å². The van der Waals surface area contributed by atoms with Crippen LogP contribution in [0.2, 0.25) is 0 Å². The van der Waals surface area contributed by atoms with Crippen LogP contribution in [0, 0.1) is 5.41 Å². The van der Waals surface area contributed by atoms with E-state index in [9.17, 15) is 0 Å². The zero-order valence-corrected chi connectivity index (χ0v) is 21.8. The first-order valence-corrected chi connectivity index (χ1v) is 16.5. The van der Waals surface area contributed by atoms with Gasteiger partial charge in [-0.1, -0.05) is 0 Å². The van der Waals surface area contributed by atoms with E-state index in [2.05, 4.69) is 80.5 Å². The van der Waals surface area contributed by atoms with Crippen LogP contribution in [0.25, 0.3) is 0 Å². The average molecular weight is 502 g/mol. The molecule has 0 aliphatic heterocycles. The molecule has 0 saturated heterocycles. The summed E-state index contributed by atoms with van der Waals surface area (Å²) in [7, 11) is 16.6. The summed E-state index contributed by atoms with van der Waals surface area (Å²) in [6, 6.07) is 6.38. The summed E-state index contributed by atoms with van der Waals surface area (Å²) in [6.07, 6.45) is 0. The van der Waals surface area contributed by atoms with Crippen LogP contribution in [-0.2, 0) is 22.8 Å². The maximum absolute atomic E-state index is 6.64. The molecule has 0 unspecified atom stereocenters. The minimum absolute atomic E-state index is 0.0150. The van der Waals surface area contributed by atoms with E-state index >= 15 is 0 Å². The van der Waals surface area contributed by atoms with Gasteiger partial charge in [0.2, 0.25) is 0 Å². The first kappa shape index (κ1) is 27.1. The standard InChI is InChI=1S/C12H17N.C5H10.C4H10O2.2ClH.Mo/c1-8(2)10-6-5-7-11(9(3)4)12(10)13;1-5(2,3)4;1-5-3-4-6-2;;;/h5-9H,1-4H3;1H,2-4H3;3-4H2,1-2H3;2*1H;/q;;;;;+2/p-2. The Hall–Kier alpha value is 0.0783. The SMILES string of the molecule is CC(C)c1cccc(C(C)C)c1[N]=[Mo]([Cl])([Cl])=[CH]C(C)(C)C.COCCOC. The van der Waals surface area contributed by atoms with E-state index in [-0.39, 0.29) is 5.41 Å². The van der Waals surface area contributed by atoms with Crippen LogP contribution < -0.4 is 0 Å². The number of halogens is 2.